The van der Waals surface area contributed by atoms with Crippen molar-refractivity contribution < 1.29 is 0 Å². The molecule has 3 aliphatic rings. The highest BCUT2D eigenvalue weighted by molar-refractivity contribution is 7.73. The molecular weight excluding hydrogens is 618 g/mol. The van der Waals surface area contributed by atoms with Gasteiger partial charge in [-0.05, 0) is 71.6 Å². The summed E-state index contributed by atoms with van der Waals surface area (Å²) in [4.78, 5) is 0. The van der Waals surface area contributed by atoms with Crippen LogP contribution in [0, 0.1) is 0 Å². The SMILES string of the molecule is c1ccc(P(CCN[C@@H]2C3c4ccccc4C(c4ccccc43)[C@H]2NCCP(c2ccccc2)c2ccccc2)c2ccccc2)cc1. The van der Waals surface area contributed by atoms with Crippen molar-refractivity contribution >= 4 is 37.1 Å². The molecule has 238 valence electrons. The molecule has 0 saturated heterocycles. The van der Waals surface area contributed by atoms with Crippen molar-refractivity contribution in [3.05, 3.63) is 192 Å². The summed E-state index contributed by atoms with van der Waals surface area (Å²) in [6.45, 7) is 1.96. The zero-order valence-electron chi connectivity index (χ0n) is 27.2. The molecule has 2 bridgehead atoms. The summed E-state index contributed by atoms with van der Waals surface area (Å²) in [5.74, 6) is 0.647. The van der Waals surface area contributed by atoms with E-state index in [0.717, 1.165) is 25.4 Å². The van der Waals surface area contributed by atoms with Crippen molar-refractivity contribution in [3.63, 3.8) is 0 Å². The summed E-state index contributed by atoms with van der Waals surface area (Å²) in [5.41, 5.74) is 6.00. The van der Waals surface area contributed by atoms with E-state index in [4.69, 9.17) is 0 Å². The topological polar surface area (TPSA) is 24.1 Å². The number of fused-ring (bicyclic) bond motifs is 1. The molecule has 0 aliphatic heterocycles. The van der Waals surface area contributed by atoms with E-state index in [1.54, 1.807) is 0 Å². The van der Waals surface area contributed by atoms with Gasteiger partial charge < -0.3 is 10.6 Å². The fourth-order valence-electron chi connectivity index (χ4n) is 8.10. The molecule has 3 aliphatic carbocycles. The van der Waals surface area contributed by atoms with E-state index in [-0.39, 0.29) is 0 Å². The van der Waals surface area contributed by atoms with E-state index >= 15 is 0 Å². The maximum atomic E-state index is 4.22. The van der Waals surface area contributed by atoms with Gasteiger partial charge in [-0.2, -0.15) is 0 Å². The second kappa shape index (κ2) is 14.7. The van der Waals surface area contributed by atoms with Gasteiger partial charge in [0.05, 0.1) is 0 Å². The number of hydrogen-bond donors (Lipinski definition) is 2. The molecule has 0 aromatic heterocycles. The Kier molecular flexibility index (Phi) is 9.60. The maximum absolute atomic E-state index is 4.22. The lowest BCUT2D eigenvalue weighted by atomic mass is 9.59. The predicted octanol–water partition coefficient (Wildman–Crippen LogP) is 7.46. The summed E-state index contributed by atoms with van der Waals surface area (Å²) in [5, 5.41) is 14.2. The maximum Gasteiger partial charge on any atom is 0.0340 e. The summed E-state index contributed by atoms with van der Waals surface area (Å²) in [7, 11) is -0.912. The van der Waals surface area contributed by atoms with Crippen LogP contribution in [0.15, 0.2) is 170 Å². The minimum absolute atomic E-state index is 0.308. The van der Waals surface area contributed by atoms with Crippen LogP contribution >= 0.6 is 15.8 Å². The first-order valence-electron chi connectivity index (χ1n) is 17.3. The highest BCUT2D eigenvalue weighted by Crippen LogP contribution is 2.53. The van der Waals surface area contributed by atoms with E-state index < -0.39 is 15.8 Å². The first kappa shape index (κ1) is 31.4. The molecule has 0 unspecified atom stereocenters. The van der Waals surface area contributed by atoms with Gasteiger partial charge in [-0.1, -0.05) is 170 Å². The summed E-state index contributed by atoms with van der Waals surface area (Å²) >= 11 is 0. The quantitative estimate of drug-likeness (QED) is 0.133. The van der Waals surface area contributed by atoms with Gasteiger partial charge in [0.2, 0.25) is 0 Å². The van der Waals surface area contributed by atoms with Gasteiger partial charge in [0.15, 0.2) is 0 Å². The Morgan fingerprint density at radius 1 is 0.333 bits per heavy atom. The molecule has 6 aromatic rings. The Bertz CT molecular complexity index is 1650. The van der Waals surface area contributed by atoms with E-state index in [2.05, 4.69) is 180 Å². The van der Waals surface area contributed by atoms with Crippen molar-refractivity contribution in [2.75, 3.05) is 25.4 Å². The third-order valence-electron chi connectivity index (χ3n) is 10.1. The smallest absolute Gasteiger partial charge is 0.0340 e. The average molecular weight is 661 g/mol. The second-order valence-corrected chi connectivity index (χ2v) is 17.5. The first-order chi connectivity index (χ1) is 23.9. The van der Waals surface area contributed by atoms with Crippen LogP contribution in [0.5, 0.6) is 0 Å². The summed E-state index contributed by atoms with van der Waals surface area (Å²) < 4.78 is 0. The molecule has 0 heterocycles. The molecule has 0 saturated carbocycles. The zero-order chi connectivity index (χ0) is 32.1. The van der Waals surface area contributed by atoms with Gasteiger partial charge in [-0.15, -0.1) is 0 Å². The van der Waals surface area contributed by atoms with Crippen molar-refractivity contribution in [2.45, 2.75) is 23.9 Å². The van der Waals surface area contributed by atoms with E-state index in [1.807, 2.05) is 0 Å². The van der Waals surface area contributed by atoms with Gasteiger partial charge in [0.25, 0.3) is 0 Å². The first-order valence-corrected chi connectivity index (χ1v) is 20.3. The van der Waals surface area contributed by atoms with Crippen LogP contribution in [0.3, 0.4) is 0 Å². The van der Waals surface area contributed by atoms with E-state index in [9.17, 15) is 0 Å². The number of hydrogen-bond acceptors (Lipinski definition) is 2. The van der Waals surface area contributed by atoms with Crippen LogP contribution < -0.4 is 31.9 Å². The lowest BCUT2D eigenvalue weighted by Crippen LogP contribution is -2.60. The van der Waals surface area contributed by atoms with E-state index in [0.29, 0.717) is 23.9 Å². The standard InChI is InChI=1S/C44H42N2P2/c1-5-17-33(18-6-1)47(34-19-7-2-8-20-34)31-29-45-43-41-37-25-13-15-27-39(37)42(40-28-16-14-26-38(40)41)44(43)46-30-32-48(35-21-9-3-10-22-35)36-23-11-4-12-24-36/h1-28,41-46H,29-32H2/t41?,42?,43-,44-/m1/s1. The largest absolute Gasteiger partial charge is 0.311 e. The number of benzene rings is 6. The Balaban J connectivity index is 1.09. The highest BCUT2D eigenvalue weighted by atomic mass is 31.1. The molecule has 0 spiro atoms. The predicted molar refractivity (Wildman–Crippen MR) is 208 cm³/mol. The molecule has 2 atom stereocenters. The normalized spacial score (nSPS) is 19.3. The monoisotopic (exact) mass is 660 g/mol. The van der Waals surface area contributed by atoms with Crippen LogP contribution in [-0.4, -0.2) is 37.5 Å². The molecular formula is C44H42N2P2. The molecule has 9 rings (SSSR count). The minimum Gasteiger partial charge on any atom is -0.311 e. The Labute approximate surface area is 288 Å². The average Bonchev–Trinajstić information content (AvgIpc) is 3.17. The molecule has 0 amide bonds. The lowest BCUT2D eigenvalue weighted by Gasteiger charge is -2.51. The van der Waals surface area contributed by atoms with Crippen molar-refractivity contribution in [1.82, 2.24) is 10.6 Å². The molecule has 0 radical (unpaired) electrons. The van der Waals surface area contributed by atoms with Gasteiger partial charge >= 0.3 is 0 Å². The van der Waals surface area contributed by atoms with Gasteiger partial charge in [-0.25, -0.2) is 0 Å². The molecule has 48 heavy (non-hydrogen) atoms. The van der Waals surface area contributed by atoms with Crippen LogP contribution in [0.25, 0.3) is 0 Å². The van der Waals surface area contributed by atoms with E-state index in [1.165, 1.54) is 43.5 Å². The molecule has 6 aromatic carbocycles. The fraction of sp³-hybridized carbons (Fsp3) is 0.182. The lowest BCUT2D eigenvalue weighted by molar-refractivity contribution is 0.287. The second-order valence-electron chi connectivity index (χ2n) is 12.8. The third kappa shape index (κ3) is 6.32. The molecule has 2 nitrogen and oxygen atoms in total. The highest BCUT2D eigenvalue weighted by Gasteiger charge is 2.49. The van der Waals surface area contributed by atoms with Crippen LogP contribution in [0.4, 0.5) is 0 Å². The Morgan fingerprint density at radius 2 is 0.583 bits per heavy atom. The van der Waals surface area contributed by atoms with Crippen molar-refractivity contribution in [1.29, 1.82) is 0 Å². The fourth-order valence-corrected chi connectivity index (χ4v) is 12.6. The van der Waals surface area contributed by atoms with Crippen LogP contribution in [0.1, 0.15) is 34.1 Å². The van der Waals surface area contributed by atoms with Crippen molar-refractivity contribution in [2.24, 2.45) is 0 Å². The summed E-state index contributed by atoms with van der Waals surface area (Å²) in [6, 6.07) is 63.7. The number of rotatable bonds is 12. The molecule has 0 fully saturated rings. The van der Waals surface area contributed by atoms with Crippen LogP contribution in [-0.2, 0) is 0 Å². The minimum atomic E-state index is -0.456. The zero-order valence-corrected chi connectivity index (χ0v) is 29.0. The van der Waals surface area contributed by atoms with Crippen molar-refractivity contribution in [3.8, 4) is 0 Å². The third-order valence-corrected chi connectivity index (χ3v) is 15.2. The summed E-state index contributed by atoms with van der Waals surface area (Å²) in [6.07, 6.45) is 2.22. The van der Waals surface area contributed by atoms with Gasteiger partial charge in [0.1, 0.15) is 0 Å². The van der Waals surface area contributed by atoms with Gasteiger partial charge in [0, 0.05) is 37.0 Å². The molecule has 2 N–H and O–H groups in total. The Hall–Kier alpha value is -3.90. The van der Waals surface area contributed by atoms with Gasteiger partial charge in [-0.3, -0.25) is 0 Å². The Morgan fingerprint density at radius 3 is 0.854 bits per heavy atom. The van der Waals surface area contributed by atoms with Crippen LogP contribution in [0.2, 0.25) is 0 Å². The molecule has 4 heteroatoms. The number of nitrogens with one attached hydrogen (secondary N) is 2.